The SMILES string of the molecule is CCCc1c(Cc2ccc(-c3ccccc3C#N)cc2F)c(=O)n([C@H]2CC[C@@H](O)CC2)c2ncnn12. The average molecular weight is 486 g/mol. The minimum Gasteiger partial charge on any atom is -0.393 e. The first kappa shape index (κ1) is 23.9. The maximum absolute atomic E-state index is 15.4. The molecule has 1 aliphatic carbocycles. The highest BCUT2D eigenvalue weighted by atomic mass is 19.1. The molecule has 2 aromatic carbocycles. The predicted octanol–water partition coefficient (Wildman–Crippen LogP) is 4.59. The number of aliphatic hydroxyl groups is 1. The van der Waals surface area contributed by atoms with E-state index in [9.17, 15) is 15.2 Å². The van der Waals surface area contributed by atoms with Crippen molar-refractivity contribution in [1.29, 1.82) is 5.26 Å². The van der Waals surface area contributed by atoms with Crippen LogP contribution in [0, 0.1) is 17.1 Å². The molecule has 1 saturated carbocycles. The zero-order valence-electron chi connectivity index (χ0n) is 20.2. The quantitative estimate of drug-likeness (QED) is 0.431. The number of rotatable bonds is 6. The topological polar surface area (TPSA) is 96.2 Å². The molecule has 4 aromatic rings. The van der Waals surface area contributed by atoms with Crippen molar-refractivity contribution in [2.24, 2.45) is 0 Å². The molecule has 0 radical (unpaired) electrons. The maximum atomic E-state index is 15.4. The van der Waals surface area contributed by atoms with Crippen LogP contribution < -0.4 is 5.56 Å². The number of aliphatic hydroxyl groups excluding tert-OH is 1. The van der Waals surface area contributed by atoms with Crippen LogP contribution in [0.4, 0.5) is 4.39 Å². The minimum atomic E-state index is -0.423. The summed E-state index contributed by atoms with van der Waals surface area (Å²) < 4.78 is 18.8. The summed E-state index contributed by atoms with van der Waals surface area (Å²) in [5.41, 5.74) is 3.28. The van der Waals surface area contributed by atoms with Crippen LogP contribution in [0.5, 0.6) is 0 Å². The molecule has 7 nitrogen and oxygen atoms in total. The van der Waals surface area contributed by atoms with E-state index in [-0.39, 0.29) is 24.1 Å². The summed E-state index contributed by atoms with van der Waals surface area (Å²) in [6.07, 6.45) is 5.27. The molecule has 0 spiro atoms. The molecule has 0 atom stereocenters. The van der Waals surface area contributed by atoms with Crippen molar-refractivity contribution in [1.82, 2.24) is 19.2 Å². The third-order valence-electron chi connectivity index (χ3n) is 7.12. The second-order valence-corrected chi connectivity index (χ2v) is 9.42. The van der Waals surface area contributed by atoms with Gasteiger partial charge in [0.25, 0.3) is 5.56 Å². The molecule has 8 heteroatoms. The van der Waals surface area contributed by atoms with Gasteiger partial charge in [-0.1, -0.05) is 43.7 Å². The van der Waals surface area contributed by atoms with Gasteiger partial charge in [0, 0.05) is 18.0 Å². The number of aromatic nitrogens is 4. The molecule has 1 fully saturated rings. The number of halogens is 1. The van der Waals surface area contributed by atoms with E-state index in [1.807, 2.05) is 13.0 Å². The summed E-state index contributed by atoms with van der Waals surface area (Å²) in [6, 6.07) is 14.1. The normalized spacial score (nSPS) is 17.8. The van der Waals surface area contributed by atoms with Crippen LogP contribution >= 0.6 is 0 Å². The monoisotopic (exact) mass is 485 g/mol. The highest BCUT2D eigenvalue weighted by Crippen LogP contribution is 2.30. The second-order valence-electron chi connectivity index (χ2n) is 9.42. The lowest BCUT2D eigenvalue weighted by molar-refractivity contribution is 0.110. The van der Waals surface area contributed by atoms with Crippen molar-refractivity contribution in [3.8, 4) is 17.2 Å². The maximum Gasteiger partial charge on any atom is 0.259 e. The van der Waals surface area contributed by atoms with Gasteiger partial charge in [-0.15, -0.1) is 0 Å². The van der Waals surface area contributed by atoms with Gasteiger partial charge in [-0.25, -0.2) is 8.91 Å². The lowest BCUT2D eigenvalue weighted by atomic mass is 9.92. The fourth-order valence-corrected chi connectivity index (χ4v) is 5.28. The number of nitriles is 1. The Bertz CT molecular complexity index is 1510. The van der Waals surface area contributed by atoms with Crippen molar-refractivity contribution in [3.05, 3.63) is 87.3 Å². The lowest BCUT2D eigenvalue weighted by Gasteiger charge is -2.28. The van der Waals surface area contributed by atoms with Crippen molar-refractivity contribution >= 4 is 5.78 Å². The molecule has 2 heterocycles. The molecule has 0 aliphatic heterocycles. The zero-order chi connectivity index (χ0) is 25.2. The zero-order valence-corrected chi connectivity index (χ0v) is 20.2. The van der Waals surface area contributed by atoms with Crippen LogP contribution in [0.25, 0.3) is 16.9 Å². The van der Waals surface area contributed by atoms with Gasteiger partial charge >= 0.3 is 0 Å². The molecule has 1 aliphatic rings. The largest absolute Gasteiger partial charge is 0.393 e. The van der Waals surface area contributed by atoms with Gasteiger partial charge in [0.1, 0.15) is 12.1 Å². The van der Waals surface area contributed by atoms with Gasteiger partial charge in [0.2, 0.25) is 5.78 Å². The van der Waals surface area contributed by atoms with Crippen LogP contribution in [-0.2, 0) is 12.8 Å². The lowest BCUT2D eigenvalue weighted by Crippen LogP contribution is -2.34. The van der Waals surface area contributed by atoms with E-state index in [0.29, 0.717) is 65.7 Å². The van der Waals surface area contributed by atoms with Crippen molar-refractivity contribution in [2.75, 3.05) is 0 Å². The first-order valence-corrected chi connectivity index (χ1v) is 12.4. The van der Waals surface area contributed by atoms with E-state index in [1.165, 1.54) is 12.4 Å². The average Bonchev–Trinajstić information content (AvgIpc) is 3.37. The Morgan fingerprint density at radius 1 is 1.17 bits per heavy atom. The van der Waals surface area contributed by atoms with E-state index in [1.54, 1.807) is 39.4 Å². The molecular formula is C28H28FN5O2. The van der Waals surface area contributed by atoms with Gasteiger partial charge < -0.3 is 5.11 Å². The van der Waals surface area contributed by atoms with Gasteiger partial charge in [-0.2, -0.15) is 15.3 Å². The summed E-state index contributed by atoms with van der Waals surface area (Å²) in [5.74, 6) is 0.0747. The number of hydrogen-bond donors (Lipinski definition) is 1. The summed E-state index contributed by atoms with van der Waals surface area (Å²) in [5, 5.41) is 23.8. The highest BCUT2D eigenvalue weighted by molar-refractivity contribution is 5.70. The Morgan fingerprint density at radius 3 is 2.67 bits per heavy atom. The van der Waals surface area contributed by atoms with Crippen LogP contribution in [0.2, 0.25) is 0 Å². The van der Waals surface area contributed by atoms with E-state index in [4.69, 9.17) is 0 Å². The summed E-state index contributed by atoms with van der Waals surface area (Å²) >= 11 is 0. The second kappa shape index (κ2) is 10.0. The van der Waals surface area contributed by atoms with Gasteiger partial charge in [0.15, 0.2) is 0 Å². The van der Waals surface area contributed by atoms with Gasteiger partial charge in [0.05, 0.1) is 23.4 Å². The molecule has 2 aromatic heterocycles. The summed E-state index contributed by atoms with van der Waals surface area (Å²) in [4.78, 5) is 18.3. The molecule has 0 unspecified atom stereocenters. The van der Waals surface area contributed by atoms with E-state index < -0.39 is 5.82 Å². The number of nitrogens with zero attached hydrogens (tertiary/aromatic N) is 5. The molecule has 0 bridgehead atoms. The van der Waals surface area contributed by atoms with Crippen LogP contribution in [0.1, 0.15) is 67.5 Å². The Morgan fingerprint density at radius 2 is 1.94 bits per heavy atom. The van der Waals surface area contributed by atoms with E-state index in [2.05, 4.69) is 16.2 Å². The number of benzene rings is 2. The van der Waals surface area contributed by atoms with Crippen molar-refractivity contribution < 1.29 is 9.50 Å². The smallest absolute Gasteiger partial charge is 0.259 e. The first-order valence-electron chi connectivity index (χ1n) is 12.4. The molecule has 36 heavy (non-hydrogen) atoms. The standard InChI is InChI=1S/C28H28FN5O2/c1-2-5-26-24(14-19-9-8-18(15-25(19)29)23-7-4-3-6-20(23)16-30)27(36)33(28-31-17-32-34(26)28)21-10-12-22(35)13-11-21/h3-4,6-9,15,17,21-22,35H,2,5,10-14H2,1H3/t21-,22+. The molecule has 0 amide bonds. The van der Waals surface area contributed by atoms with E-state index >= 15 is 4.39 Å². The molecule has 5 rings (SSSR count). The summed E-state index contributed by atoms with van der Waals surface area (Å²) in [7, 11) is 0. The Hall–Kier alpha value is -3.83. The Kier molecular flexibility index (Phi) is 6.66. The molecular weight excluding hydrogens is 457 g/mol. The first-order chi connectivity index (χ1) is 17.5. The highest BCUT2D eigenvalue weighted by Gasteiger charge is 2.27. The summed E-state index contributed by atoms with van der Waals surface area (Å²) in [6.45, 7) is 2.03. The number of fused-ring (bicyclic) bond motifs is 1. The van der Waals surface area contributed by atoms with Gasteiger partial charge in [-0.05, 0) is 60.9 Å². The Labute approximate surface area is 208 Å². The predicted molar refractivity (Wildman–Crippen MR) is 134 cm³/mol. The molecule has 0 saturated heterocycles. The number of hydrogen-bond acceptors (Lipinski definition) is 5. The van der Waals surface area contributed by atoms with Crippen LogP contribution in [0.3, 0.4) is 0 Å². The number of aryl methyl sites for hydroxylation is 1. The van der Waals surface area contributed by atoms with E-state index in [0.717, 1.165) is 12.1 Å². The minimum absolute atomic E-state index is 0.0864. The fourth-order valence-electron chi connectivity index (χ4n) is 5.28. The fraction of sp³-hybridized carbons (Fsp3) is 0.357. The van der Waals surface area contributed by atoms with Crippen molar-refractivity contribution in [2.45, 2.75) is 64.0 Å². The van der Waals surface area contributed by atoms with Crippen LogP contribution in [0.15, 0.2) is 53.6 Å². The third-order valence-corrected chi connectivity index (χ3v) is 7.12. The molecule has 184 valence electrons. The Balaban J connectivity index is 1.59. The van der Waals surface area contributed by atoms with Crippen molar-refractivity contribution in [3.63, 3.8) is 0 Å². The van der Waals surface area contributed by atoms with Gasteiger partial charge in [-0.3, -0.25) is 9.36 Å². The molecule has 1 N–H and O–H groups in total. The van der Waals surface area contributed by atoms with Crippen LogP contribution in [-0.4, -0.2) is 30.4 Å². The third kappa shape index (κ3) is 4.31.